The number of benzene rings is 1. The zero-order valence-corrected chi connectivity index (χ0v) is 12.4. The lowest BCUT2D eigenvalue weighted by Gasteiger charge is -2.16. The second kappa shape index (κ2) is 6.37. The van der Waals surface area contributed by atoms with Crippen molar-refractivity contribution in [1.29, 1.82) is 0 Å². The summed E-state index contributed by atoms with van der Waals surface area (Å²) in [5.41, 5.74) is 1.13. The highest BCUT2D eigenvalue weighted by Gasteiger charge is 2.12. The second-order valence-corrected chi connectivity index (χ2v) is 5.03. The van der Waals surface area contributed by atoms with Crippen LogP contribution in [0.15, 0.2) is 36.4 Å². The predicted octanol–water partition coefficient (Wildman–Crippen LogP) is 3.78. The van der Waals surface area contributed by atoms with Gasteiger partial charge in [-0.2, -0.15) is 4.98 Å². The van der Waals surface area contributed by atoms with Crippen LogP contribution in [0.5, 0.6) is 5.88 Å². The van der Waals surface area contributed by atoms with Crippen molar-refractivity contribution in [3.05, 3.63) is 47.8 Å². The molecule has 0 radical (unpaired) electrons. The largest absolute Gasteiger partial charge is 0.470 e. The van der Waals surface area contributed by atoms with Crippen molar-refractivity contribution in [2.24, 2.45) is 0 Å². The number of hydrogen-bond acceptors (Lipinski definition) is 4. The fourth-order valence-corrected chi connectivity index (χ4v) is 1.86. The molecule has 1 aromatic heterocycles. The van der Waals surface area contributed by atoms with Crippen LogP contribution in [0.25, 0.3) is 0 Å². The van der Waals surface area contributed by atoms with Gasteiger partial charge in [-0.05, 0) is 12.5 Å². The minimum atomic E-state index is -0.0455. The molecule has 0 aliphatic heterocycles. The van der Waals surface area contributed by atoms with Crippen molar-refractivity contribution in [2.45, 2.75) is 32.8 Å². The van der Waals surface area contributed by atoms with Gasteiger partial charge in [0.15, 0.2) is 0 Å². The molecule has 1 atom stereocenters. The molecule has 1 unspecified atom stereocenters. The van der Waals surface area contributed by atoms with Crippen LogP contribution >= 0.6 is 0 Å². The van der Waals surface area contributed by atoms with Crippen molar-refractivity contribution >= 4 is 5.82 Å². The number of ether oxygens (including phenoxy) is 1. The first-order valence-electron chi connectivity index (χ1n) is 6.88. The molecular formula is C16H21N3O. The predicted molar refractivity (Wildman–Crippen MR) is 81.2 cm³/mol. The Morgan fingerprint density at radius 3 is 2.35 bits per heavy atom. The molecule has 0 aliphatic rings. The van der Waals surface area contributed by atoms with E-state index >= 15 is 0 Å². The summed E-state index contributed by atoms with van der Waals surface area (Å²) in [6.07, 6.45) is -0.0455. The molecule has 2 rings (SSSR count). The molecule has 0 amide bonds. The zero-order chi connectivity index (χ0) is 14.5. The molecule has 4 nitrogen and oxygen atoms in total. The lowest BCUT2D eigenvalue weighted by Crippen LogP contribution is -2.08. The fourth-order valence-electron chi connectivity index (χ4n) is 1.86. The summed E-state index contributed by atoms with van der Waals surface area (Å²) < 4.78 is 5.94. The minimum Gasteiger partial charge on any atom is -0.470 e. The van der Waals surface area contributed by atoms with Crippen molar-refractivity contribution in [3.8, 4) is 5.88 Å². The smallest absolute Gasteiger partial charge is 0.219 e. The lowest BCUT2D eigenvalue weighted by molar-refractivity contribution is 0.216. The third kappa shape index (κ3) is 3.47. The van der Waals surface area contributed by atoms with Crippen LogP contribution in [0, 0.1) is 0 Å². The first-order chi connectivity index (χ1) is 9.60. The van der Waals surface area contributed by atoms with E-state index in [1.807, 2.05) is 50.4 Å². The number of anilines is 1. The van der Waals surface area contributed by atoms with Gasteiger partial charge < -0.3 is 10.1 Å². The van der Waals surface area contributed by atoms with Gasteiger partial charge in [-0.25, -0.2) is 4.98 Å². The van der Waals surface area contributed by atoms with Crippen LogP contribution < -0.4 is 10.1 Å². The van der Waals surface area contributed by atoms with Gasteiger partial charge in [0.2, 0.25) is 5.88 Å². The monoisotopic (exact) mass is 271 g/mol. The Labute approximate surface area is 120 Å². The highest BCUT2D eigenvalue weighted by atomic mass is 16.5. The van der Waals surface area contributed by atoms with Crippen molar-refractivity contribution < 1.29 is 4.74 Å². The first kappa shape index (κ1) is 14.3. The number of hydrogen-bond donors (Lipinski definition) is 1. The van der Waals surface area contributed by atoms with Gasteiger partial charge in [0, 0.05) is 19.0 Å². The molecule has 1 N–H and O–H groups in total. The van der Waals surface area contributed by atoms with Crippen LogP contribution in [0.4, 0.5) is 5.82 Å². The normalized spacial score (nSPS) is 12.2. The van der Waals surface area contributed by atoms with Gasteiger partial charge in [0.25, 0.3) is 0 Å². The molecule has 0 fully saturated rings. The average molecular weight is 271 g/mol. The summed E-state index contributed by atoms with van der Waals surface area (Å²) in [5, 5.41) is 3.04. The third-order valence-electron chi connectivity index (χ3n) is 3.06. The Morgan fingerprint density at radius 2 is 1.75 bits per heavy atom. The van der Waals surface area contributed by atoms with Crippen LogP contribution in [0.2, 0.25) is 0 Å². The third-order valence-corrected chi connectivity index (χ3v) is 3.06. The van der Waals surface area contributed by atoms with Gasteiger partial charge in [-0.3, -0.25) is 0 Å². The summed E-state index contributed by atoms with van der Waals surface area (Å²) in [6, 6.07) is 11.9. The van der Waals surface area contributed by atoms with Crippen LogP contribution in [0.3, 0.4) is 0 Å². The molecule has 106 valence electrons. The second-order valence-electron chi connectivity index (χ2n) is 5.03. The lowest BCUT2D eigenvalue weighted by atomic mass is 10.1. The zero-order valence-electron chi connectivity index (χ0n) is 12.4. The molecule has 2 aromatic rings. The molecule has 0 saturated carbocycles. The maximum atomic E-state index is 5.94. The van der Waals surface area contributed by atoms with Gasteiger partial charge in [-0.15, -0.1) is 0 Å². The summed E-state index contributed by atoms with van der Waals surface area (Å²) in [6.45, 7) is 6.16. The van der Waals surface area contributed by atoms with Crippen LogP contribution in [-0.2, 0) is 0 Å². The summed E-state index contributed by atoms with van der Waals surface area (Å²) >= 11 is 0. The molecule has 0 bridgehead atoms. The summed E-state index contributed by atoms with van der Waals surface area (Å²) in [4.78, 5) is 8.90. The Bertz CT molecular complexity index is 555. The van der Waals surface area contributed by atoms with E-state index in [2.05, 4.69) is 29.1 Å². The topological polar surface area (TPSA) is 47.0 Å². The quantitative estimate of drug-likeness (QED) is 0.899. The molecule has 1 aromatic carbocycles. The Morgan fingerprint density at radius 1 is 1.05 bits per heavy atom. The molecule has 4 heteroatoms. The van der Waals surface area contributed by atoms with Gasteiger partial charge in [-0.1, -0.05) is 44.2 Å². The molecule has 1 heterocycles. The maximum absolute atomic E-state index is 5.94. The molecule has 0 saturated heterocycles. The van der Waals surface area contributed by atoms with Gasteiger partial charge >= 0.3 is 0 Å². The highest BCUT2D eigenvalue weighted by Crippen LogP contribution is 2.23. The summed E-state index contributed by atoms with van der Waals surface area (Å²) in [7, 11) is 1.84. The van der Waals surface area contributed by atoms with E-state index < -0.39 is 0 Å². The first-order valence-corrected chi connectivity index (χ1v) is 6.88. The molecule has 20 heavy (non-hydrogen) atoms. The van der Waals surface area contributed by atoms with E-state index in [0.717, 1.165) is 17.2 Å². The Balaban J connectivity index is 2.22. The Hall–Kier alpha value is -2.10. The number of rotatable bonds is 5. The number of nitrogens with zero attached hydrogens (tertiary/aromatic N) is 2. The minimum absolute atomic E-state index is 0.0455. The maximum Gasteiger partial charge on any atom is 0.219 e. The standard InChI is InChI=1S/C16H21N3O/c1-11(2)16-18-14(17-4)10-15(19-16)20-12(3)13-8-6-5-7-9-13/h5-12H,1-4H3,(H,17,18,19). The summed E-state index contributed by atoms with van der Waals surface area (Å²) in [5.74, 6) is 2.42. The van der Waals surface area contributed by atoms with Crippen molar-refractivity contribution in [2.75, 3.05) is 12.4 Å². The SMILES string of the molecule is CNc1cc(OC(C)c2ccccc2)nc(C(C)C)n1. The van der Waals surface area contributed by atoms with E-state index in [1.165, 1.54) is 0 Å². The number of nitrogens with one attached hydrogen (secondary N) is 1. The van der Waals surface area contributed by atoms with E-state index in [1.54, 1.807) is 0 Å². The fraction of sp³-hybridized carbons (Fsp3) is 0.375. The average Bonchev–Trinajstić information content (AvgIpc) is 2.47. The molecular weight excluding hydrogens is 250 g/mol. The van der Waals surface area contributed by atoms with Crippen molar-refractivity contribution in [1.82, 2.24) is 9.97 Å². The number of aromatic nitrogens is 2. The Kier molecular flexibility index (Phi) is 4.56. The van der Waals surface area contributed by atoms with Gasteiger partial charge in [0.05, 0.1) is 0 Å². The van der Waals surface area contributed by atoms with Gasteiger partial charge in [0.1, 0.15) is 17.7 Å². The highest BCUT2D eigenvalue weighted by molar-refractivity contribution is 5.38. The van der Waals surface area contributed by atoms with Crippen molar-refractivity contribution in [3.63, 3.8) is 0 Å². The van der Waals surface area contributed by atoms with E-state index in [4.69, 9.17) is 4.74 Å². The molecule has 0 spiro atoms. The van der Waals surface area contributed by atoms with E-state index in [-0.39, 0.29) is 12.0 Å². The van der Waals surface area contributed by atoms with E-state index in [9.17, 15) is 0 Å². The van der Waals surface area contributed by atoms with Crippen LogP contribution in [0.1, 0.15) is 44.2 Å². The molecule has 0 aliphatic carbocycles. The van der Waals surface area contributed by atoms with E-state index in [0.29, 0.717) is 5.88 Å². The van der Waals surface area contributed by atoms with Crippen LogP contribution in [-0.4, -0.2) is 17.0 Å².